The number of benzene rings is 1. The molecule has 1 atom stereocenters. The van der Waals surface area contributed by atoms with Crippen LogP contribution in [-0.4, -0.2) is 11.4 Å². The molecule has 1 aliphatic rings. The van der Waals surface area contributed by atoms with E-state index in [0.29, 0.717) is 4.83 Å². The van der Waals surface area contributed by atoms with Crippen LogP contribution in [0.3, 0.4) is 0 Å². The fraction of sp³-hybridized carbons (Fsp3) is 0.600. The number of ether oxygens (including phenoxy) is 1. The Balaban J connectivity index is 2.01. The predicted molar refractivity (Wildman–Crippen MR) is 76.2 cm³/mol. The van der Waals surface area contributed by atoms with Gasteiger partial charge >= 0.3 is 0 Å². The Bertz CT molecular complexity index is 362. The summed E-state index contributed by atoms with van der Waals surface area (Å²) in [5.41, 5.74) is 2.79. The van der Waals surface area contributed by atoms with Crippen LogP contribution in [0.15, 0.2) is 18.2 Å². The Kier molecular flexibility index (Phi) is 4.90. The predicted octanol–water partition coefficient (Wildman–Crippen LogP) is 4.51. The molecule has 0 saturated carbocycles. The number of hydrogen-bond acceptors (Lipinski definition) is 1. The van der Waals surface area contributed by atoms with Gasteiger partial charge in [0.15, 0.2) is 0 Å². The summed E-state index contributed by atoms with van der Waals surface area (Å²) in [6.07, 6.45) is 7.17. The van der Waals surface area contributed by atoms with Crippen molar-refractivity contribution in [2.45, 2.75) is 50.3 Å². The first kappa shape index (κ1) is 12.9. The van der Waals surface area contributed by atoms with E-state index in [1.54, 1.807) is 0 Å². The first-order valence-corrected chi connectivity index (χ1v) is 7.60. The highest BCUT2D eigenvalue weighted by Crippen LogP contribution is 2.30. The summed E-state index contributed by atoms with van der Waals surface area (Å²) in [6.45, 7) is 3.12. The highest BCUT2D eigenvalue weighted by atomic mass is 79.9. The van der Waals surface area contributed by atoms with Crippen molar-refractivity contribution in [3.8, 4) is 5.75 Å². The number of alkyl halides is 1. The monoisotopic (exact) mass is 296 g/mol. The van der Waals surface area contributed by atoms with E-state index in [9.17, 15) is 0 Å². The molecule has 0 amide bonds. The third-order valence-corrected chi connectivity index (χ3v) is 4.26. The summed E-state index contributed by atoms with van der Waals surface area (Å²) in [5, 5.41) is 0. The van der Waals surface area contributed by atoms with E-state index < -0.39 is 0 Å². The zero-order valence-corrected chi connectivity index (χ0v) is 12.1. The van der Waals surface area contributed by atoms with Crippen LogP contribution in [0.5, 0.6) is 5.75 Å². The number of aryl methyl sites for hydroxylation is 2. The van der Waals surface area contributed by atoms with Gasteiger partial charge in [-0.15, -0.1) is 0 Å². The normalized spacial score (nSPS) is 16.1. The second-order valence-electron chi connectivity index (χ2n) is 4.78. The summed E-state index contributed by atoms with van der Waals surface area (Å²) in [6, 6.07) is 6.59. The summed E-state index contributed by atoms with van der Waals surface area (Å²) in [5.74, 6) is 1.18. The van der Waals surface area contributed by atoms with Gasteiger partial charge in [0.2, 0.25) is 0 Å². The lowest BCUT2D eigenvalue weighted by Gasteiger charge is -2.20. The number of para-hydroxylation sites is 1. The molecule has 1 heterocycles. The molecule has 94 valence electrons. The molecule has 1 aromatic rings. The van der Waals surface area contributed by atoms with Crippen molar-refractivity contribution in [1.82, 2.24) is 0 Å². The molecule has 0 fully saturated rings. The van der Waals surface area contributed by atoms with Crippen LogP contribution in [0.2, 0.25) is 0 Å². The molecule has 1 aliphatic heterocycles. The number of hydrogen-bond donors (Lipinski definition) is 0. The average molecular weight is 297 g/mol. The zero-order chi connectivity index (χ0) is 12.1. The highest BCUT2D eigenvalue weighted by Gasteiger charge is 2.14. The molecule has 17 heavy (non-hydrogen) atoms. The summed E-state index contributed by atoms with van der Waals surface area (Å²) >= 11 is 3.75. The lowest BCUT2D eigenvalue weighted by atomic mass is 9.98. The summed E-state index contributed by atoms with van der Waals surface area (Å²) < 4.78 is 5.83. The topological polar surface area (TPSA) is 9.23 Å². The largest absolute Gasteiger partial charge is 0.493 e. The van der Waals surface area contributed by atoms with E-state index in [0.717, 1.165) is 19.4 Å². The van der Waals surface area contributed by atoms with Crippen LogP contribution in [0.1, 0.15) is 43.7 Å². The molecule has 0 saturated heterocycles. The van der Waals surface area contributed by atoms with Gasteiger partial charge in [-0.25, -0.2) is 0 Å². The van der Waals surface area contributed by atoms with Gasteiger partial charge in [0.25, 0.3) is 0 Å². The lowest BCUT2D eigenvalue weighted by Crippen LogP contribution is -2.11. The molecule has 2 rings (SSSR count). The van der Waals surface area contributed by atoms with Crippen LogP contribution in [0, 0.1) is 0 Å². The van der Waals surface area contributed by atoms with E-state index in [2.05, 4.69) is 41.1 Å². The van der Waals surface area contributed by atoms with E-state index in [-0.39, 0.29) is 0 Å². The molecule has 0 N–H and O–H groups in total. The standard InChI is InChI=1S/C15H21BrO/c1-2-5-14(16)10-9-13-7-3-6-12-8-4-11-17-15(12)13/h3,6-7,14H,2,4-5,8-11H2,1H3. The molecule has 0 radical (unpaired) electrons. The van der Waals surface area contributed by atoms with Crippen molar-refractivity contribution in [2.24, 2.45) is 0 Å². The van der Waals surface area contributed by atoms with Gasteiger partial charge in [-0.3, -0.25) is 0 Å². The molecule has 0 aliphatic carbocycles. The van der Waals surface area contributed by atoms with Crippen molar-refractivity contribution in [3.05, 3.63) is 29.3 Å². The van der Waals surface area contributed by atoms with Gasteiger partial charge in [0.05, 0.1) is 6.61 Å². The van der Waals surface area contributed by atoms with Gasteiger partial charge in [-0.1, -0.05) is 47.5 Å². The van der Waals surface area contributed by atoms with Crippen LogP contribution in [0.25, 0.3) is 0 Å². The molecule has 0 aromatic heterocycles. The first-order valence-electron chi connectivity index (χ1n) is 6.69. The summed E-state index contributed by atoms with van der Waals surface area (Å²) in [7, 11) is 0. The fourth-order valence-electron chi connectivity index (χ4n) is 2.42. The smallest absolute Gasteiger partial charge is 0.125 e. The molecule has 2 heteroatoms. The number of rotatable bonds is 5. The molecule has 1 nitrogen and oxygen atoms in total. The highest BCUT2D eigenvalue weighted by molar-refractivity contribution is 9.09. The maximum Gasteiger partial charge on any atom is 0.125 e. The maximum atomic E-state index is 5.83. The third-order valence-electron chi connectivity index (χ3n) is 3.34. The second-order valence-corrected chi connectivity index (χ2v) is 6.08. The third kappa shape index (κ3) is 3.48. The minimum absolute atomic E-state index is 0.645. The number of fused-ring (bicyclic) bond motifs is 1. The van der Waals surface area contributed by atoms with Crippen LogP contribution < -0.4 is 4.74 Å². The van der Waals surface area contributed by atoms with Gasteiger partial charge in [-0.05, 0) is 43.2 Å². The Morgan fingerprint density at radius 2 is 2.24 bits per heavy atom. The van der Waals surface area contributed by atoms with Crippen molar-refractivity contribution >= 4 is 15.9 Å². The van der Waals surface area contributed by atoms with E-state index in [4.69, 9.17) is 4.74 Å². The van der Waals surface area contributed by atoms with E-state index in [1.807, 2.05) is 0 Å². The minimum atomic E-state index is 0.645. The maximum absolute atomic E-state index is 5.83. The van der Waals surface area contributed by atoms with Gasteiger partial charge in [0, 0.05) is 4.83 Å². The van der Waals surface area contributed by atoms with Gasteiger partial charge in [-0.2, -0.15) is 0 Å². The Labute approximate surface area is 113 Å². The Hall–Kier alpha value is -0.500. The van der Waals surface area contributed by atoms with Crippen molar-refractivity contribution in [3.63, 3.8) is 0 Å². The summed E-state index contributed by atoms with van der Waals surface area (Å²) in [4.78, 5) is 0.645. The van der Waals surface area contributed by atoms with Crippen molar-refractivity contribution < 1.29 is 4.74 Å². The Morgan fingerprint density at radius 3 is 3.06 bits per heavy atom. The molecule has 0 bridgehead atoms. The molecular weight excluding hydrogens is 276 g/mol. The second kappa shape index (κ2) is 6.44. The Morgan fingerprint density at radius 1 is 1.35 bits per heavy atom. The van der Waals surface area contributed by atoms with Crippen molar-refractivity contribution in [2.75, 3.05) is 6.61 Å². The van der Waals surface area contributed by atoms with Crippen LogP contribution >= 0.6 is 15.9 Å². The zero-order valence-electron chi connectivity index (χ0n) is 10.5. The first-order chi connectivity index (χ1) is 8.31. The quantitative estimate of drug-likeness (QED) is 0.727. The van der Waals surface area contributed by atoms with E-state index >= 15 is 0 Å². The molecule has 0 spiro atoms. The van der Waals surface area contributed by atoms with Crippen molar-refractivity contribution in [1.29, 1.82) is 0 Å². The van der Waals surface area contributed by atoms with Gasteiger partial charge in [0.1, 0.15) is 5.75 Å². The molecule has 1 unspecified atom stereocenters. The number of halogens is 1. The lowest BCUT2D eigenvalue weighted by molar-refractivity contribution is 0.285. The average Bonchev–Trinajstić information content (AvgIpc) is 2.36. The molecule has 1 aromatic carbocycles. The van der Waals surface area contributed by atoms with E-state index in [1.165, 1.54) is 42.6 Å². The van der Waals surface area contributed by atoms with Gasteiger partial charge < -0.3 is 4.74 Å². The fourth-order valence-corrected chi connectivity index (χ4v) is 3.11. The minimum Gasteiger partial charge on any atom is -0.493 e. The molecular formula is C15H21BrO. The van der Waals surface area contributed by atoms with Crippen LogP contribution in [0.4, 0.5) is 0 Å². The SMILES string of the molecule is CCCC(Br)CCc1cccc2c1OCCC2. The van der Waals surface area contributed by atoms with Crippen LogP contribution in [-0.2, 0) is 12.8 Å².